The van der Waals surface area contributed by atoms with Gasteiger partial charge in [-0.1, -0.05) is 0 Å². The number of aryl methyl sites for hydroxylation is 1. The molecule has 0 spiro atoms. The van der Waals surface area contributed by atoms with Crippen molar-refractivity contribution in [2.75, 3.05) is 20.1 Å². The van der Waals surface area contributed by atoms with Crippen molar-refractivity contribution < 1.29 is 0 Å². The van der Waals surface area contributed by atoms with Crippen LogP contribution in [0.15, 0.2) is 12.4 Å². The summed E-state index contributed by atoms with van der Waals surface area (Å²) in [6, 6.07) is 0. The molecule has 0 atom stereocenters. The summed E-state index contributed by atoms with van der Waals surface area (Å²) in [5, 5.41) is 10.6. The van der Waals surface area contributed by atoms with Gasteiger partial charge < -0.3 is 10.6 Å². The van der Waals surface area contributed by atoms with Crippen molar-refractivity contribution in [2.45, 2.75) is 13.0 Å². The molecule has 0 fully saturated rings. The van der Waals surface area contributed by atoms with Gasteiger partial charge in [-0.05, 0) is 26.6 Å². The molecule has 1 aromatic rings. The number of aromatic nitrogens is 2. The van der Waals surface area contributed by atoms with Gasteiger partial charge >= 0.3 is 0 Å². The summed E-state index contributed by atoms with van der Waals surface area (Å²) in [4.78, 5) is 0. The second-order valence-corrected chi connectivity index (χ2v) is 3.16. The van der Waals surface area contributed by atoms with E-state index in [0.29, 0.717) is 0 Å². The summed E-state index contributed by atoms with van der Waals surface area (Å²) in [5.41, 5.74) is 1.24. The molecule has 0 aliphatic rings. The van der Waals surface area contributed by atoms with Gasteiger partial charge in [0, 0.05) is 25.4 Å². The quantitative estimate of drug-likeness (QED) is 0.614. The minimum atomic E-state index is 0.914. The highest BCUT2D eigenvalue weighted by atomic mass is 15.2. The summed E-state index contributed by atoms with van der Waals surface area (Å²) >= 11 is 0. The van der Waals surface area contributed by atoms with Crippen molar-refractivity contribution in [3.63, 3.8) is 0 Å². The summed E-state index contributed by atoms with van der Waals surface area (Å²) in [6.45, 7) is 3.04. The fourth-order valence-electron chi connectivity index (χ4n) is 1.19. The zero-order chi connectivity index (χ0) is 9.52. The van der Waals surface area contributed by atoms with Gasteiger partial charge in [0.05, 0.1) is 6.20 Å². The number of nitrogens with zero attached hydrogens (tertiary/aromatic N) is 2. The van der Waals surface area contributed by atoms with Crippen LogP contribution in [0.4, 0.5) is 0 Å². The van der Waals surface area contributed by atoms with Crippen LogP contribution >= 0.6 is 0 Å². The van der Waals surface area contributed by atoms with Crippen LogP contribution in [-0.2, 0) is 13.6 Å². The van der Waals surface area contributed by atoms with Crippen molar-refractivity contribution in [3.05, 3.63) is 18.0 Å². The molecule has 4 nitrogen and oxygen atoms in total. The molecule has 4 heteroatoms. The molecule has 1 heterocycles. The highest BCUT2D eigenvalue weighted by molar-refractivity contribution is 5.02. The minimum absolute atomic E-state index is 0.914. The highest BCUT2D eigenvalue weighted by Gasteiger charge is 1.94. The van der Waals surface area contributed by atoms with E-state index in [-0.39, 0.29) is 0 Å². The molecule has 0 radical (unpaired) electrons. The summed E-state index contributed by atoms with van der Waals surface area (Å²) < 4.78 is 1.82. The van der Waals surface area contributed by atoms with Gasteiger partial charge in [0.15, 0.2) is 0 Å². The lowest BCUT2D eigenvalue weighted by atomic mass is 10.3. The van der Waals surface area contributed by atoms with Crippen molar-refractivity contribution in [3.8, 4) is 0 Å². The van der Waals surface area contributed by atoms with Gasteiger partial charge in [0.1, 0.15) is 0 Å². The standard InChI is InChI=1S/C9H18N4/c1-10-4-3-5-11-6-9-7-12-13(2)8-9/h7-8,10-11H,3-6H2,1-2H3. The minimum Gasteiger partial charge on any atom is -0.320 e. The summed E-state index contributed by atoms with van der Waals surface area (Å²) in [7, 11) is 3.91. The van der Waals surface area contributed by atoms with Gasteiger partial charge in [-0.15, -0.1) is 0 Å². The van der Waals surface area contributed by atoms with Crippen LogP contribution < -0.4 is 10.6 Å². The van der Waals surface area contributed by atoms with Gasteiger partial charge in [-0.3, -0.25) is 4.68 Å². The zero-order valence-electron chi connectivity index (χ0n) is 8.38. The predicted octanol–water partition coefficient (Wildman–Crippen LogP) is 0.119. The van der Waals surface area contributed by atoms with Gasteiger partial charge in [-0.2, -0.15) is 5.10 Å². The largest absolute Gasteiger partial charge is 0.320 e. The van der Waals surface area contributed by atoms with Gasteiger partial charge in [0.2, 0.25) is 0 Å². The van der Waals surface area contributed by atoms with Crippen LogP contribution in [0.3, 0.4) is 0 Å². The maximum absolute atomic E-state index is 4.10. The first-order valence-electron chi connectivity index (χ1n) is 4.66. The Morgan fingerprint density at radius 3 is 2.92 bits per heavy atom. The molecule has 0 saturated heterocycles. The molecular formula is C9H18N4. The molecule has 0 saturated carbocycles. The van der Waals surface area contributed by atoms with Crippen LogP contribution in [0.2, 0.25) is 0 Å². The molecule has 0 bridgehead atoms. The van der Waals surface area contributed by atoms with E-state index in [2.05, 4.69) is 15.7 Å². The van der Waals surface area contributed by atoms with Crippen LogP contribution in [-0.4, -0.2) is 29.9 Å². The Bertz CT molecular complexity index is 231. The lowest BCUT2D eigenvalue weighted by molar-refractivity contribution is 0.625. The van der Waals surface area contributed by atoms with E-state index >= 15 is 0 Å². The third-order valence-corrected chi connectivity index (χ3v) is 1.87. The summed E-state index contributed by atoms with van der Waals surface area (Å²) in [6.07, 6.45) is 5.09. The van der Waals surface area contributed by atoms with Crippen LogP contribution in [0.25, 0.3) is 0 Å². The average molecular weight is 182 g/mol. The fourth-order valence-corrected chi connectivity index (χ4v) is 1.19. The van der Waals surface area contributed by atoms with Crippen molar-refractivity contribution in [1.29, 1.82) is 0 Å². The SMILES string of the molecule is CNCCCNCc1cnn(C)c1. The highest BCUT2D eigenvalue weighted by Crippen LogP contribution is 1.94. The average Bonchev–Trinajstić information content (AvgIpc) is 2.51. The Balaban J connectivity index is 2.06. The van der Waals surface area contributed by atoms with E-state index in [1.165, 1.54) is 5.56 Å². The molecule has 1 rings (SSSR count). The van der Waals surface area contributed by atoms with E-state index in [4.69, 9.17) is 0 Å². The summed E-state index contributed by atoms with van der Waals surface area (Å²) in [5.74, 6) is 0. The maximum atomic E-state index is 4.10. The first-order chi connectivity index (χ1) is 6.33. The predicted molar refractivity (Wildman–Crippen MR) is 53.5 cm³/mol. The van der Waals surface area contributed by atoms with Crippen molar-refractivity contribution in [1.82, 2.24) is 20.4 Å². The Kier molecular flexibility index (Phi) is 4.49. The number of hydrogen-bond donors (Lipinski definition) is 2. The molecule has 0 aliphatic heterocycles. The third kappa shape index (κ3) is 4.05. The van der Waals surface area contributed by atoms with E-state index in [1.54, 1.807) is 0 Å². The Morgan fingerprint density at radius 2 is 2.31 bits per heavy atom. The Labute approximate surface area is 79.3 Å². The van der Waals surface area contributed by atoms with Crippen molar-refractivity contribution in [2.24, 2.45) is 7.05 Å². The van der Waals surface area contributed by atoms with E-state index in [0.717, 1.165) is 26.1 Å². The Hall–Kier alpha value is -0.870. The molecular weight excluding hydrogens is 164 g/mol. The maximum Gasteiger partial charge on any atom is 0.0534 e. The monoisotopic (exact) mass is 182 g/mol. The Morgan fingerprint density at radius 1 is 1.46 bits per heavy atom. The molecule has 0 amide bonds. The van der Waals surface area contributed by atoms with Crippen LogP contribution in [0, 0.1) is 0 Å². The van der Waals surface area contributed by atoms with Gasteiger partial charge in [-0.25, -0.2) is 0 Å². The molecule has 0 aliphatic carbocycles. The topological polar surface area (TPSA) is 41.9 Å². The van der Waals surface area contributed by atoms with Gasteiger partial charge in [0.25, 0.3) is 0 Å². The molecule has 74 valence electrons. The first kappa shape index (κ1) is 10.2. The first-order valence-corrected chi connectivity index (χ1v) is 4.66. The molecule has 2 N–H and O–H groups in total. The molecule has 1 aromatic heterocycles. The molecule has 0 aromatic carbocycles. The smallest absolute Gasteiger partial charge is 0.0534 e. The van der Waals surface area contributed by atoms with E-state index < -0.39 is 0 Å². The third-order valence-electron chi connectivity index (χ3n) is 1.87. The second-order valence-electron chi connectivity index (χ2n) is 3.16. The van der Waals surface area contributed by atoms with Crippen molar-refractivity contribution >= 4 is 0 Å². The number of hydrogen-bond acceptors (Lipinski definition) is 3. The molecule has 0 unspecified atom stereocenters. The fraction of sp³-hybridized carbons (Fsp3) is 0.667. The normalized spacial score (nSPS) is 10.6. The number of nitrogens with one attached hydrogen (secondary N) is 2. The van der Waals surface area contributed by atoms with Crippen LogP contribution in [0.1, 0.15) is 12.0 Å². The lowest BCUT2D eigenvalue weighted by Crippen LogP contribution is -2.19. The second kappa shape index (κ2) is 5.72. The number of rotatable bonds is 6. The van der Waals surface area contributed by atoms with E-state index in [9.17, 15) is 0 Å². The van der Waals surface area contributed by atoms with E-state index in [1.807, 2.05) is 31.2 Å². The molecule has 13 heavy (non-hydrogen) atoms. The van der Waals surface area contributed by atoms with Crippen LogP contribution in [0.5, 0.6) is 0 Å². The zero-order valence-corrected chi connectivity index (χ0v) is 8.38. The lowest BCUT2D eigenvalue weighted by Gasteiger charge is -2.01.